The molecule has 1 aliphatic carbocycles. The SMILES string of the molecule is CNCCOC1OC(CO)C(O)C(OC2=CC=C(O)CC2)C1O. The van der Waals surface area contributed by atoms with Gasteiger partial charge in [0, 0.05) is 19.4 Å². The number of allylic oxidation sites excluding steroid dienone is 4. The number of aliphatic hydroxyl groups excluding tert-OH is 4. The highest BCUT2D eigenvalue weighted by Crippen LogP contribution is 2.28. The third kappa shape index (κ3) is 4.66. The highest BCUT2D eigenvalue weighted by atomic mass is 16.7. The molecule has 132 valence electrons. The van der Waals surface area contributed by atoms with Crippen molar-refractivity contribution in [2.45, 2.75) is 43.5 Å². The first-order chi connectivity index (χ1) is 11.1. The minimum Gasteiger partial charge on any atom is -0.512 e. The molecule has 0 amide bonds. The van der Waals surface area contributed by atoms with E-state index >= 15 is 0 Å². The molecule has 1 heterocycles. The number of likely N-dealkylation sites (N-methyl/N-ethyl adjacent to an activating group) is 1. The number of rotatable bonds is 7. The van der Waals surface area contributed by atoms with Crippen LogP contribution in [0.2, 0.25) is 0 Å². The average molecular weight is 331 g/mol. The number of nitrogens with one attached hydrogen (secondary N) is 1. The molecule has 2 aliphatic rings. The van der Waals surface area contributed by atoms with Crippen molar-refractivity contribution in [2.24, 2.45) is 0 Å². The number of hydrogen-bond acceptors (Lipinski definition) is 8. The summed E-state index contributed by atoms with van der Waals surface area (Å²) in [7, 11) is 1.77. The van der Waals surface area contributed by atoms with Crippen LogP contribution in [0.3, 0.4) is 0 Å². The second-order valence-electron chi connectivity index (χ2n) is 5.55. The van der Waals surface area contributed by atoms with Crippen molar-refractivity contribution >= 4 is 0 Å². The lowest BCUT2D eigenvalue weighted by Gasteiger charge is -2.42. The lowest BCUT2D eigenvalue weighted by atomic mass is 9.98. The largest absolute Gasteiger partial charge is 0.512 e. The predicted molar refractivity (Wildman–Crippen MR) is 80.5 cm³/mol. The van der Waals surface area contributed by atoms with Gasteiger partial charge in [-0.05, 0) is 19.2 Å². The monoisotopic (exact) mass is 331 g/mol. The number of aliphatic hydroxyl groups is 4. The first-order valence-corrected chi connectivity index (χ1v) is 7.70. The second-order valence-corrected chi connectivity index (χ2v) is 5.55. The fourth-order valence-corrected chi connectivity index (χ4v) is 2.49. The first kappa shape index (κ1) is 18.2. The highest BCUT2D eigenvalue weighted by molar-refractivity contribution is 5.17. The molecule has 0 aromatic carbocycles. The molecule has 1 aliphatic heterocycles. The van der Waals surface area contributed by atoms with E-state index in [1.54, 1.807) is 13.1 Å². The Hall–Kier alpha value is -1.16. The van der Waals surface area contributed by atoms with Gasteiger partial charge in [0.15, 0.2) is 12.4 Å². The van der Waals surface area contributed by atoms with Crippen molar-refractivity contribution in [3.05, 3.63) is 23.7 Å². The van der Waals surface area contributed by atoms with Gasteiger partial charge in [0.1, 0.15) is 18.3 Å². The van der Waals surface area contributed by atoms with E-state index in [9.17, 15) is 20.4 Å². The van der Waals surface area contributed by atoms with Crippen molar-refractivity contribution in [3.63, 3.8) is 0 Å². The van der Waals surface area contributed by atoms with Crippen LogP contribution in [0.5, 0.6) is 0 Å². The summed E-state index contributed by atoms with van der Waals surface area (Å²) in [6.07, 6.45) is -1.27. The van der Waals surface area contributed by atoms with Crippen LogP contribution in [0.15, 0.2) is 23.7 Å². The Morgan fingerprint density at radius 2 is 2.04 bits per heavy atom. The molecular weight excluding hydrogens is 306 g/mol. The van der Waals surface area contributed by atoms with E-state index in [0.717, 1.165) is 0 Å². The summed E-state index contributed by atoms with van der Waals surface area (Å²) in [5, 5.41) is 42.2. The van der Waals surface area contributed by atoms with Crippen molar-refractivity contribution in [1.29, 1.82) is 0 Å². The van der Waals surface area contributed by atoms with Gasteiger partial charge in [-0.2, -0.15) is 0 Å². The summed E-state index contributed by atoms with van der Waals surface area (Å²) in [6, 6.07) is 0. The maximum atomic E-state index is 10.4. The van der Waals surface area contributed by atoms with Crippen molar-refractivity contribution in [1.82, 2.24) is 5.32 Å². The fourth-order valence-electron chi connectivity index (χ4n) is 2.49. The molecule has 0 saturated carbocycles. The molecule has 5 unspecified atom stereocenters. The first-order valence-electron chi connectivity index (χ1n) is 7.70. The van der Waals surface area contributed by atoms with Gasteiger partial charge in [-0.15, -0.1) is 0 Å². The molecule has 8 heteroatoms. The molecule has 0 radical (unpaired) electrons. The van der Waals surface area contributed by atoms with Gasteiger partial charge in [0.2, 0.25) is 0 Å². The summed E-state index contributed by atoms with van der Waals surface area (Å²) < 4.78 is 16.5. The van der Waals surface area contributed by atoms with E-state index in [4.69, 9.17) is 14.2 Å². The van der Waals surface area contributed by atoms with Crippen LogP contribution in [-0.4, -0.2) is 77.9 Å². The fraction of sp³-hybridized carbons (Fsp3) is 0.733. The summed E-state index contributed by atoms with van der Waals surface area (Å²) in [6.45, 7) is 0.456. The number of hydrogen-bond donors (Lipinski definition) is 5. The Morgan fingerprint density at radius 3 is 2.65 bits per heavy atom. The normalized spacial score (nSPS) is 34.7. The lowest BCUT2D eigenvalue weighted by molar-refractivity contribution is -0.302. The van der Waals surface area contributed by atoms with Gasteiger partial charge in [-0.1, -0.05) is 0 Å². The van der Waals surface area contributed by atoms with E-state index in [-0.39, 0.29) is 5.76 Å². The van der Waals surface area contributed by atoms with Crippen molar-refractivity contribution in [3.8, 4) is 0 Å². The Morgan fingerprint density at radius 1 is 1.26 bits per heavy atom. The van der Waals surface area contributed by atoms with Crippen molar-refractivity contribution in [2.75, 3.05) is 26.8 Å². The molecule has 0 spiro atoms. The second kappa shape index (κ2) is 8.62. The van der Waals surface area contributed by atoms with Crippen LogP contribution in [0, 0.1) is 0 Å². The molecular formula is C15H25NO7. The van der Waals surface area contributed by atoms with Crippen LogP contribution in [-0.2, 0) is 14.2 Å². The molecule has 23 heavy (non-hydrogen) atoms. The molecule has 8 nitrogen and oxygen atoms in total. The molecule has 5 atom stereocenters. The molecule has 0 aromatic rings. The minimum atomic E-state index is -1.20. The smallest absolute Gasteiger partial charge is 0.187 e. The van der Waals surface area contributed by atoms with Gasteiger partial charge < -0.3 is 40.0 Å². The molecule has 2 rings (SSSR count). The summed E-state index contributed by atoms with van der Waals surface area (Å²) in [5.74, 6) is 0.797. The Bertz CT molecular complexity index is 440. The molecule has 1 fully saturated rings. The summed E-state index contributed by atoms with van der Waals surface area (Å²) in [5.41, 5.74) is 0. The van der Waals surface area contributed by atoms with E-state index in [0.29, 0.717) is 31.8 Å². The van der Waals surface area contributed by atoms with Crippen LogP contribution < -0.4 is 5.32 Å². The standard InChI is InChI=1S/C15H25NO7/c1-16-6-7-21-15-13(20)14(12(19)11(8-17)23-15)22-10-4-2-9(18)3-5-10/h2,4,11-20H,3,5-8H2,1H3. The van der Waals surface area contributed by atoms with Crippen molar-refractivity contribution < 1.29 is 34.6 Å². The van der Waals surface area contributed by atoms with E-state index in [2.05, 4.69) is 5.32 Å². The minimum absolute atomic E-state index is 0.256. The molecule has 5 N–H and O–H groups in total. The Labute approximate surface area is 135 Å². The third-order valence-electron chi connectivity index (χ3n) is 3.83. The predicted octanol–water partition coefficient (Wildman–Crippen LogP) is -0.834. The Kier molecular flexibility index (Phi) is 6.82. The van der Waals surface area contributed by atoms with Crippen LogP contribution in [0.4, 0.5) is 0 Å². The summed E-state index contributed by atoms with van der Waals surface area (Å²) >= 11 is 0. The van der Waals surface area contributed by atoms with Gasteiger partial charge >= 0.3 is 0 Å². The maximum Gasteiger partial charge on any atom is 0.187 e. The third-order valence-corrected chi connectivity index (χ3v) is 3.83. The molecule has 0 bridgehead atoms. The van der Waals surface area contributed by atoms with Crippen LogP contribution in [0.1, 0.15) is 12.8 Å². The van der Waals surface area contributed by atoms with Gasteiger partial charge in [-0.25, -0.2) is 0 Å². The van der Waals surface area contributed by atoms with Gasteiger partial charge in [-0.3, -0.25) is 0 Å². The molecule has 0 aromatic heterocycles. The van der Waals surface area contributed by atoms with Gasteiger partial charge in [0.05, 0.1) is 24.7 Å². The lowest BCUT2D eigenvalue weighted by Crippen LogP contribution is -2.60. The zero-order chi connectivity index (χ0) is 16.8. The summed E-state index contributed by atoms with van der Waals surface area (Å²) in [4.78, 5) is 0. The zero-order valence-corrected chi connectivity index (χ0v) is 13.1. The van der Waals surface area contributed by atoms with Crippen LogP contribution in [0.25, 0.3) is 0 Å². The zero-order valence-electron chi connectivity index (χ0n) is 13.1. The number of ether oxygens (including phenoxy) is 3. The van der Waals surface area contributed by atoms with E-state index in [1.165, 1.54) is 6.08 Å². The van der Waals surface area contributed by atoms with Gasteiger partial charge in [0.25, 0.3) is 0 Å². The van der Waals surface area contributed by atoms with Crippen LogP contribution >= 0.6 is 0 Å². The highest BCUT2D eigenvalue weighted by Gasteiger charge is 2.46. The van der Waals surface area contributed by atoms with E-state index < -0.39 is 37.3 Å². The quantitative estimate of drug-likeness (QED) is 0.383. The Balaban J connectivity index is 2.04. The topological polar surface area (TPSA) is 121 Å². The maximum absolute atomic E-state index is 10.4. The average Bonchev–Trinajstić information content (AvgIpc) is 2.55. The van der Waals surface area contributed by atoms with E-state index in [1.807, 2.05) is 0 Å². The molecule has 1 saturated heterocycles.